The van der Waals surface area contributed by atoms with Crippen LogP contribution in [-0.4, -0.2) is 23.7 Å². The Morgan fingerprint density at radius 2 is 1.95 bits per heavy atom. The van der Waals surface area contributed by atoms with Crippen molar-refractivity contribution >= 4 is 5.91 Å². The van der Waals surface area contributed by atoms with Gasteiger partial charge in [-0.15, -0.1) is 0 Å². The predicted molar refractivity (Wildman–Crippen MR) is 85.7 cm³/mol. The summed E-state index contributed by atoms with van der Waals surface area (Å²) in [5, 5.41) is 12.7. The van der Waals surface area contributed by atoms with Gasteiger partial charge in [-0.1, -0.05) is 41.5 Å². The molecule has 0 aliphatic heterocycles. The molecule has 3 aliphatic carbocycles. The number of carbonyl (C=O) groups is 1. The van der Waals surface area contributed by atoms with E-state index in [4.69, 9.17) is 0 Å². The molecule has 0 aromatic heterocycles. The Labute approximate surface area is 129 Å². The van der Waals surface area contributed by atoms with Gasteiger partial charge in [0.15, 0.2) is 0 Å². The van der Waals surface area contributed by atoms with Gasteiger partial charge < -0.3 is 10.4 Å². The summed E-state index contributed by atoms with van der Waals surface area (Å²) < 4.78 is 0. The molecule has 0 saturated heterocycles. The van der Waals surface area contributed by atoms with E-state index < -0.39 is 0 Å². The highest BCUT2D eigenvalue weighted by Crippen LogP contribution is 2.61. The number of hydrogen-bond donors (Lipinski definition) is 2. The molecule has 1 amide bonds. The molecule has 122 valence electrons. The van der Waals surface area contributed by atoms with Crippen LogP contribution in [0.25, 0.3) is 0 Å². The van der Waals surface area contributed by atoms with Crippen LogP contribution >= 0.6 is 0 Å². The number of amides is 1. The van der Waals surface area contributed by atoms with Crippen molar-refractivity contribution in [2.75, 3.05) is 6.61 Å². The molecule has 3 nitrogen and oxygen atoms in total. The monoisotopic (exact) mass is 295 g/mol. The number of aliphatic hydroxyl groups excluding tert-OH is 1. The lowest BCUT2D eigenvalue weighted by Gasteiger charge is -2.63. The van der Waals surface area contributed by atoms with E-state index in [9.17, 15) is 9.90 Å². The Kier molecular flexibility index (Phi) is 4.45. The Morgan fingerprint density at radius 1 is 1.33 bits per heavy atom. The van der Waals surface area contributed by atoms with Gasteiger partial charge >= 0.3 is 0 Å². The fourth-order valence-electron chi connectivity index (χ4n) is 4.19. The molecule has 21 heavy (non-hydrogen) atoms. The highest BCUT2D eigenvalue weighted by molar-refractivity contribution is 5.82. The van der Waals surface area contributed by atoms with Crippen LogP contribution in [0.3, 0.4) is 0 Å². The fourth-order valence-corrected chi connectivity index (χ4v) is 4.19. The van der Waals surface area contributed by atoms with Crippen molar-refractivity contribution in [1.82, 2.24) is 5.32 Å². The number of nitrogens with one attached hydrogen (secondary N) is 1. The molecule has 0 aromatic carbocycles. The van der Waals surface area contributed by atoms with Crippen LogP contribution in [0.1, 0.15) is 60.8 Å². The minimum absolute atomic E-state index is 0.173. The van der Waals surface area contributed by atoms with Crippen LogP contribution < -0.4 is 5.32 Å². The molecule has 0 aromatic rings. The zero-order chi connectivity index (χ0) is 16.0. The van der Waals surface area contributed by atoms with E-state index in [1.54, 1.807) is 0 Å². The summed E-state index contributed by atoms with van der Waals surface area (Å²) in [6.45, 7) is 13.2. The molecular formula is C18H33NO2. The lowest BCUT2D eigenvalue weighted by Crippen LogP contribution is -2.64. The maximum atomic E-state index is 12.7. The van der Waals surface area contributed by atoms with Gasteiger partial charge in [0.1, 0.15) is 0 Å². The van der Waals surface area contributed by atoms with E-state index >= 15 is 0 Å². The Hall–Kier alpha value is -0.570. The van der Waals surface area contributed by atoms with Gasteiger partial charge in [0.25, 0.3) is 0 Å². The Balaban J connectivity index is 2.13. The van der Waals surface area contributed by atoms with Crippen molar-refractivity contribution in [1.29, 1.82) is 0 Å². The van der Waals surface area contributed by atoms with Gasteiger partial charge in [-0.2, -0.15) is 0 Å². The molecule has 0 spiro atoms. The van der Waals surface area contributed by atoms with Crippen LogP contribution in [0.15, 0.2) is 0 Å². The number of hydrogen-bond acceptors (Lipinski definition) is 2. The maximum Gasteiger partial charge on any atom is 0.226 e. The highest BCUT2D eigenvalue weighted by atomic mass is 16.3. The molecule has 2 bridgehead atoms. The summed E-state index contributed by atoms with van der Waals surface area (Å²) in [5.74, 6) is 2.27. The second-order valence-corrected chi connectivity index (χ2v) is 8.74. The Morgan fingerprint density at radius 3 is 2.43 bits per heavy atom. The lowest BCUT2D eigenvalue weighted by atomic mass is 9.44. The maximum absolute atomic E-state index is 12.7. The van der Waals surface area contributed by atoms with Crippen LogP contribution in [0, 0.1) is 34.5 Å². The topological polar surface area (TPSA) is 49.3 Å². The third kappa shape index (κ3) is 2.74. The Bertz CT molecular complexity index is 400. The lowest BCUT2D eigenvalue weighted by molar-refractivity contribution is -0.145. The van der Waals surface area contributed by atoms with Crippen molar-refractivity contribution in [3.05, 3.63) is 0 Å². The van der Waals surface area contributed by atoms with E-state index in [1.807, 2.05) is 13.8 Å². The standard InChI is InChI=1S/C18H33NO2/c1-11(2)17(3,4)16(21)19-15-12(7-8-20)9-13-10-14(15)18(13,5)6/h11-15,20H,7-10H2,1-6H3,(H,19,21)/t12-,13-,14-,15+/m0/s1. The molecule has 3 aliphatic rings. The number of carbonyl (C=O) groups excluding carboxylic acids is 1. The first-order valence-electron chi connectivity index (χ1n) is 8.54. The summed E-state index contributed by atoms with van der Waals surface area (Å²) in [6, 6.07) is 0.239. The normalized spacial score (nSPS) is 34.5. The minimum Gasteiger partial charge on any atom is -0.396 e. The van der Waals surface area contributed by atoms with E-state index in [-0.39, 0.29) is 24.0 Å². The van der Waals surface area contributed by atoms with Crippen LogP contribution in [0.2, 0.25) is 0 Å². The summed E-state index contributed by atoms with van der Waals surface area (Å²) in [5.41, 5.74) is 0.000376. The van der Waals surface area contributed by atoms with Crippen molar-refractivity contribution in [2.45, 2.75) is 66.8 Å². The van der Waals surface area contributed by atoms with Gasteiger partial charge in [-0.3, -0.25) is 4.79 Å². The van der Waals surface area contributed by atoms with Gasteiger partial charge in [-0.05, 0) is 48.3 Å². The molecule has 3 fully saturated rings. The molecular weight excluding hydrogens is 262 g/mol. The SMILES string of the molecule is CC(C)C(C)(C)C(=O)N[C@@H]1[C@@H](CCO)C[C@H]2C[C@@H]1C2(C)C. The minimum atomic E-state index is -0.339. The van der Waals surface area contributed by atoms with Crippen molar-refractivity contribution in [3.63, 3.8) is 0 Å². The first-order chi connectivity index (χ1) is 9.62. The third-order valence-corrected chi connectivity index (χ3v) is 6.90. The smallest absolute Gasteiger partial charge is 0.226 e. The third-order valence-electron chi connectivity index (χ3n) is 6.90. The summed E-state index contributed by atoms with van der Waals surface area (Å²) in [7, 11) is 0. The molecule has 3 saturated carbocycles. The van der Waals surface area contributed by atoms with Gasteiger partial charge in [0.05, 0.1) is 0 Å². The van der Waals surface area contributed by atoms with E-state index in [0.717, 1.165) is 18.8 Å². The summed E-state index contributed by atoms with van der Waals surface area (Å²) in [6.07, 6.45) is 3.20. The zero-order valence-electron chi connectivity index (χ0n) is 14.6. The first kappa shape index (κ1) is 16.8. The largest absolute Gasteiger partial charge is 0.396 e. The quantitative estimate of drug-likeness (QED) is 0.818. The van der Waals surface area contributed by atoms with Crippen molar-refractivity contribution < 1.29 is 9.90 Å². The summed E-state index contributed by atoms with van der Waals surface area (Å²) >= 11 is 0. The number of aliphatic hydroxyl groups is 1. The van der Waals surface area contributed by atoms with Gasteiger partial charge in [0.2, 0.25) is 5.91 Å². The summed E-state index contributed by atoms with van der Waals surface area (Å²) in [4.78, 5) is 12.7. The number of fused-ring (bicyclic) bond motifs is 2. The van der Waals surface area contributed by atoms with E-state index in [1.165, 1.54) is 6.42 Å². The van der Waals surface area contributed by atoms with Crippen LogP contribution in [0.4, 0.5) is 0 Å². The molecule has 0 unspecified atom stereocenters. The molecule has 3 rings (SSSR count). The molecule has 3 heteroatoms. The van der Waals surface area contributed by atoms with Crippen LogP contribution in [-0.2, 0) is 4.79 Å². The second-order valence-electron chi connectivity index (χ2n) is 8.74. The van der Waals surface area contributed by atoms with Gasteiger partial charge in [-0.25, -0.2) is 0 Å². The average molecular weight is 295 g/mol. The number of rotatable bonds is 5. The first-order valence-corrected chi connectivity index (χ1v) is 8.54. The second kappa shape index (κ2) is 5.57. The van der Waals surface area contributed by atoms with Gasteiger partial charge in [0, 0.05) is 18.1 Å². The molecule has 0 heterocycles. The van der Waals surface area contributed by atoms with E-state index in [0.29, 0.717) is 23.2 Å². The fraction of sp³-hybridized carbons (Fsp3) is 0.944. The van der Waals surface area contributed by atoms with Crippen molar-refractivity contribution in [3.8, 4) is 0 Å². The average Bonchev–Trinajstić information content (AvgIpc) is 2.39. The predicted octanol–water partition coefficient (Wildman–Crippen LogP) is 3.22. The molecule has 2 N–H and O–H groups in total. The highest BCUT2D eigenvalue weighted by Gasteiger charge is 2.58. The molecule has 4 atom stereocenters. The molecule has 0 radical (unpaired) electrons. The zero-order valence-corrected chi connectivity index (χ0v) is 14.6. The van der Waals surface area contributed by atoms with Crippen molar-refractivity contribution in [2.24, 2.45) is 34.5 Å². The van der Waals surface area contributed by atoms with Crippen LogP contribution in [0.5, 0.6) is 0 Å². The van der Waals surface area contributed by atoms with E-state index in [2.05, 4.69) is 33.0 Å².